The van der Waals surface area contributed by atoms with E-state index in [1.165, 1.54) is 39.2 Å². The number of hydrogen-bond acceptors (Lipinski definition) is 4. The van der Waals surface area contributed by atoms with E-state index in [4.69, 9.17) is 10.5 Å². The van der Waals surface area contributed by atoms with Crippen molar-refractivity contribution in [1.29, 1.82) is 0 Å². The van der Waals surface area contributed by atoms with Gasteiger partial charge in [0.2, 0.25) is 0 Å². The van der Waals surface area contributed by atoms with Crippen LogP contribution in [0.5, 0.6) is 0 Å². The number of piperidine rings is 1. The molecule has 0 amide bonds. The smallest absolute Gasteiger partial charge is 0.340 e. The Hall–Kier alpha value is -1.55. The maximum Gasteiger partial charge on any atom is 0.340 e. The van der Waals surface area contributed by atoms with Crippen molar-refractivity contribution in [3.8, 4) is 0 Å². The Bertz CT molecular complexity index is 486. The third-order valence-electron chi connectivity index (χ3n) is 4.32. The lowest BCUT2D eigenvalue weighted by molar-refractivity contribution is 0.0597. The molecule has 2 N–H and O–H groups in total. The molecule has 4 nitrogen and oxygen atoms in total. The van der Waals surface area contributed by atoms with Crippen LogP contribution in [-0.2, 0) is 11.3 Å². The van der Waals surface area contributed by atoms with Crippen LogP contribution in [0.2, 0.25) is 0 Å². The molecule has 0 spiro atoms. The highest BCUT2D eigenvalue weighted by Gasteiger charge is 2.24. The molecule has 0 aromatic heterocycles. The van der Waals surface area contributed by atoms with Crippen molar-refractivity contribution in [1.82, 2.24) is 4.90 Å². The zero-order chi connectivity index (χ0) is 15.2. The summed E-state index contributed by atoms with van der Waals surface area (Å²) in [7, 11) is 1.40. The fourth-order valence-electron chi connectivity index (χ4n) is 3.25. The van der Waals surface area contributed by atoms with Crippen molar-refractivity contribution in [2.45, 2.75) is 51.6 Å². The number of nitrogens with zero attached hydrogens (tertiary/aromatic N) is 1. The molecule has 1 heterocycles. The summed E-state index contributed by atoms with van der Waals surface area (Å²) < 4.78 is 4.88. The van der Waals surface area contributed by atoms with Crippen molar-refractivity contribution in [2.75, 3.05) is 19.4 Å². The van der Waals surface area contributed by atoms with E-state index in [2.05, 4.69) is 11.8 Å². The molecule has 116 valence electrons. The van der Waals surface area contributed by atoms with Crippen LogP contribution in [0.4, 0.5) is 5.69 Å². The molecule has 1 saturated heterocycles. The normalized spacial score (nSPS) is 19.4. The third-order valence-corrected chi connectivity index (χ3v) is 4.32. The predicted octanol–water partition coefficient (Wildman–Crippen LogP) is 3.21. The molecule has 1 aromatic rings. The van der Waals surface area contributed by atoms with Gasteiger partial charge < -0.3 is 10.5 Å². The van der Waals surface area contributed by atoms with E-state index in [1.54, 1.807) is 6.07 Å². The predicted molar refractivity (Wildman–Crippen MR) is 85.2 cm³/mol. The van der Waals surface area contributed by atoms with E-state index >= 15 is 0 Å². The number of ether oxygens (including phenoxy) is 1. The SMILES string of the molecule is CCCC1CCCCN1Cc1cccc(N)c1C(=O)OC. The van der Waals surface area contributed by atoms with E-state index in [1.807, 2.05) is 12.1 Å². The van der Waals surface area contributed by atoms with E-state index < -0.39 is 0 Å². The number of likely N-dealkylation sites (tertiary alicyclic amines) is 1. The van der Waals surface area contributed by atoms with E-state index in [0.717, 1.165) is 18.7 Å². The molecule has 1 fully saturated rings. The summed E-state index contributed by atoms with van der Waals surface area (Å²) in [6.45, 7) is 4.10. The molecule has 2 rings (SSSR count). The molecule has 0 bridgehead atoms. The van der Waals surface area contributed by atoms with Gasteiger partial charge in [0.25, 0.3) is 0 Å². The Kier molecular flexibility index (Phi) is 5.62. The number of carbonyl (C=O) groups excluding carboxylic acids is 1. The zero-order valence-electron chi connectivity index (χ0n) is 13.1. The molecule has 0 saturated carbocycles. The Balaban J connectivity index is 2.21. The van der Waals surface area contributed by atoms with Gasteiger partial charge in [0.05, 0.1) is 12.7 Å². The lowest BCUT2D eigenvalue weighted by Crippen LogP contribution is -2.39. The van der Waals surface area contributed by atoms with E-state index in [9.17, 15) is 4.79 Å². The second-order valence-electron chi connectivity index (χ2n) is 5.78. The molecule has 1 aromatic carbocycles. The first kappa shape index (κ1) is 15.8. The van der Waals surface area contributed by atoms with Gasteiger partial charge in [-0.2, -0.15) is 0 Å². The molecule has 1 aliphatic heterocycles. The van der Waals surface area contributed by atoms with Crippen molar-refractivity contribution < 1.29 is 9.53 Å². The van der Waals surface area contributed by atoms with Gasteiger partial charge in [-0.15, -0.1) is 0 Å². The Morgan fingerprint density at radius 2 is 2.24 bits per heavy atom. The first-order valence-corrected chi connectivity index (χ1v) is 7.87. The van der Waals surface area contributed by atoms with Crippen LogP contribution in [0.3, 0.4) is 0 Å². The third kappa shape index (κ3) is 3.76. The van der Waals surface area contributed by atoms with Crippen molar-refractivity contribution in [2.24, 2.45) is 0 Å². The van der Waals surface area contributed by atoms with Crippen molar-refractivity contribution >= 4 is 11.7 Å². The fraction of sp³-hybridized carbons (Fsp3) is 0.588. The summed E-state index contributed by atoms with van der Waals surface area (Å²) in [5, 5.41) is 0. The second kappa shape index (κ2) is 7.46. The number of nitrogens with two attached hydrogens (primary N) is 1. The van der Waals surface area contributed by atoms with Gasteiger partial charge in [0.1, 0.15) is 0 Å². The summed E-state index contributed by atoms with van der Waals surface area (Å²) in [5.41, 5.74) is 7.99. The number of rotatable bonds is 5. The summed E-state index contributed by atoms with van der Waals surface area (Å²) in [6, 6.07) is 6.28. The Morgan fingerprint density at radius 3 is 2.95 bits per heavy atom. The minimum Gasteiger partial charge on any atom is -0.465 e. The average Bonchev–Trinajstić information content (AvgIpc) is 2.49. The standard InChI is InChI=1S/C17H26N2O2/c1-3-7-14-9-4-5-11-19(14)12-13-8-6-10-15(18)16(13)17(20)21-2/h6,8,10,14H,3-5,7,9,11-12,18H2,1-2H3. The molecule has 0 radical (unpaired) electrons. The summed E-state index contributed by atoms with van der Waals surface area (Å²) in [4.78, 5) is 14.5. The molecule has 0 aliphatic carbocycles. The van der Waals surface area contributed by atoms with Gasteiger partial charge in [-0.25, -0.2) is 4.79 Å². The largest absolute Gasteiger partial charge is 0.465 e. The maximum absolute atomic E-state index is 12.0. The first-order chi connectivity index (χ1) is 10.2. The van der Waals surface area contributed by atoms with Gasteiger partial charge in [0, 0.05) is 18.3 Å². The van der Waals surface area contributed by atoms with Crippen LogP contribution in [0, 0.1) is 0 Å². The summed E-state index contributed by atoms with van der Waals surface area (Å²) in [6.07, 6.45) is 6.21. The van der Waals surface area contributed by atoms with Gasteiger partial charge >= 0.3 is 5.97 Å². The van der Waals surface area contributed by atoms with Crippen molar-refractivity contribution in [3.05, 3.63) is 29.3 Å². The highest BCUT2D eigenvalue weighted by molar-refractivity contribution is 5.96. The quantitative estimate of drug-likeness (QED) is 0.668. The zero-order valence-corrected chi connectivity index (χ0v) is 13.1. The lowest BCUT2D eigenvalue weighted by atomic mass is 9.96. The monoisotopic (exact) mass is 290 g/mol. The van der Waals surface area contributed by atoms with Gasteiger partial charge in [-0.05, 0) is 37.4 Å². The maximum atomic E-state index is 12.0. The van der Waals surface area contributed by atoms with Crippen molar-refractivity contribution in [3.63, 3.8) is 0 Å². The van der Waals surface area contributed by atoms with E-state index in [-0.39, 0.29) is 5.97 Å². The van der Waals surface area contributed by atoms with Crippen LogP contribution in [0.1, 0.15) is 54.9 Å². The van der Waals surface area contributed by atoms with Crippen LogP contribution in [-0.4, -0.2) is 30.6 Å². The number of hydrogen-bond donors (Lipinski definition) is 1. The Morgan fingerprint density at radius 1 is 1.43 bits per heavy atom. The highest BCUT2D eigenvalue weighted by Crippen LogP contribution is 2.26. The molecular weight excluding hydrogens is 264 g/mol. The Labute approximate surface area is 127 Å². The molecule has 4 heteroatoms. The topological polar surface area (TPSA) is 55.6 Å². The number of nitrogen functional groups attached to an aromatic ring is 1. The molecule has 21 heavy (non-hydrogen) atoms. The second-order valence-corrected chi connectivity index (χ2v) is 5.78. The number of benzene rings is 1. The van der Waals surface area contributed by atoms with Crippen LogP contribution < -0.4 is 5.73 Å². The van der Waals surface area contributed by atoms with Gasteiger partial charge in [0.15, 0.2) is 0 Å². The van der Waals surface area contributed by atoms with Gasteiger partial charge in [-0.3, -0.25) is 4.90 Å². The molecular formula is C17H26N2O2. The average molecular weight is 290 g/mol. The fourth-order valence-corrected chi connectivity index (χ4v) is 3.25. The first-order valence-electron chi connectivity index (χ1n) is 7.87. The van der Waals surface area contributed by atoms with Crippen LogP contribution in [0.25, 0.3) is 0 Å². The molecule has 1 unspecified atom stereocenters. The minimum atomic E-state index is -0.341. The van der Waals surface area contributed by atoms with Crippen LogP contribution in [0.15, 0.2) is 18.2 Å². The lowest BCUT2D eigenvalue weighted by Gasteiger charge is -2.36. The summed E-state index contributed by atoms with van der Waals surface area (Å²) >= 11 is 0. The number of carbonyl (C=O) groups is 1. The van der Waals surface area contributed by atoms with Crippen LogP contribution >= 0.6 is 0 Å². The highest BCUT2D eigenvalue weighted by atomic mass is 16.5. The number of anilines is 1. The molecule has 1 atom stereocenters. The molecule has 1 aliphatic rings. The minimum absolute atomic E-state index is 0.341. The van der Waals surface area contributed by atoms with Gasteiger partial charge in [-0.1, -0.05) is 31.9 Å². The number of esters is 1. The number of methoxy groups -OCH3 is 1. The van der Waals surface area contributed by atoms with E-state index in [0.29, 0.717) is 17.3 Å². The summed E-state index contributed by atoms with van der Waals surface area (Å²) in [5.74, 6) is -0.341.